The number of hydrogen-bond donors (Lipinski definition) is 1. The lowest BCUT2D eigenvalue weighted by Gasteiger charge is -2.39. The number of ether oxygens (including phenoxy) is 1. The summed E-state index contributed by atoms with van der Waals surface area (Å²) >= 11 is 0. The first-order chi connectivity index (χ1) is 18.9. The topological polar surface area (TPSA) is 61.9 Å². The molecule has 2 aliphatic heterocycles. The number of anilines is 1. The number of likely N-dealkylation sites (tertiary alicyclic amines) is 1. The maximum Gasteiger partial charge on any atom is 0.251 e. The summed E-state index contributed by atoms with van der Waals surface area (Å²) in [6, 6.07) is 24.1. The van der Waals surface area contributed by atoms with Gasteiger partial charge in [-0.05, 0) is 91.7 Å². The van der Waals surface area contributed by atoms with Gasteiger partial charge in [-0.1, -0.05) is 48.5 Å². The van der Waals surface area contributed by atoms with Crippen LogP contribution in [0.25, 0.3) is 6.08 Å². The Morgan fingerprint density at radius 3 is 2.26 bits per heavy atom. The lowest BCUT2D eigenvalue weighted by Crippen LogP contribution is -2.51. The van der Waals surface area contributed by atoms with Gasteiger partial charge in [0, 0.05) is 30.9 Å². The Labute approximate surface area is 231 Å². The molecule has 202 valence electrons. The molecule has 0 saturated carbocycles. The molecule has 3 aromatic carbocycles. The number of carbonyl (C=O) groups is 2. The number of piperidine rings is 1. The molecule has 1 fully saturated rings. The molecule has 2 aliphatic rings. The average Bonchev–Trinajstić information content (AvgIpc) is 2.97. The van der Waals surface area contributed by atoms with Crippen LogP contribution in [0.4, 0.5) is 5.69 Å². The summed E-state index contributed by atoms with van der Waals surface area (Å²) in [5, 5.41) is 2.99. The van der Waals surface area contributed by atoms with Crippen LogP contribution < -0.4 is 10.1 Å². The third kappa shape index (κ3) is 6.23. The Morgan fingerprint density at radius 2 is 1.59 bits per heavy atom. The summed E-state index contributed by atoms with van der Waals surface area (Å²) in [5.41, 5.74) is 6.24. The van der Waals surface area contributed by atoms with Crippen molar-refractivity contribution < 1.29 is 14.3 Å². The molecular formula is C33H37N3O3. The SMILES string of the molecule is COc1ccc(/C=C(\C)C(=O)Nc2ccc(C3CCN(C(=O)C4Cc5ccccc5CN4C)CC3)cc2)cc1. The van der Waals surface area contributed by atoms with Crippen molar-refractivity contribution in [3.05, 3.63) is 101 Å². The average molecular weight is 524 g/mol. The van der Waals surface area contributed by atoms with Crippen molar-refractivity contribution in [2.75, 3.05) is 32.6 Å². The standard InChI is InChI=1S/C33H37N3O3/c1-23(20-24-8-14-30(39-3)15-9-24)32(37)34-29-12-10-25(11-13-29)26-16-18-36(19-17-26)33(38)31-21-27-6-4-5-7-28(27)22-35(31)2/h4-15,20,26,31H,16-19,21-22H2,1-3H3,(H,34,37)/b23-20+. The van der Waals surface area contributed by atoms with Gasteiger partial charge in [0.2, 0.25) is 5.91 Å². The Kier molecular flexibility index (Phi) is 8.13. The van der Waals surface area contributed by atoms with Gasteiger partial charge >= 0.3 is 0 Å². The largest absolute Gasteiger partial charge is 0.497 e. The van der Waals surface area contributed by atoms with Crippen LogP contribution in [-0.2, 0) is 22.6 Å². The highest BCUT2D eigenvalue weighted by molar-refractivity contribution is 6.06. The second-order valence-corrected chi connectivity index (χ2v) is 10.7. The van der Waals surface area contributed by atoms with E-state index in [1.54, 1.807) is 7.11 Å². The molecule has 1 atom stereocenters. The van der Waals surface area contributed by atoms with Crippen LogP contribution in [0.1, 0.15) is 47.9 Å². The second kappa shape index (κ2) is 11.9. The first kappa shape index (κ1) is 26.7. The molecule has 3 aromatic rings. The summed E-state index contributed by atoms with van der Waals surface area (Å²) in [5.74, 6) is 1.33. The zero-order chi connectivity index (χ0) is 27.4. The van der Waals surface area contributed by atoms with Gasteiger partial charge < -0.3 is 15.0 Å². The number of hydrogen-bond acceptors (Lipinski definition) is 4. The maximum atomic E-state index is 13.4. The Balaban J connectivity index is 1.13. The van der Waals surface area contributed by atoms with Crippen molar-refractivity contribution in [3.63, 3.8) is 0 Å². The van der Waals surface area contributed by atoms with Crippen LogP contribution in [0, 0.1) is 0 Å². The van der Waals surface area contributed by atoms with Crippen molar-refractivity contribution in [3.8, 4) is 5.75 Å². The first-order valence-electron chi connectivity index (χ1n) is 13.7. The summed E-state index contributed by atoms with van der Waals surface area (Å²) in [4.78, 5) is 30.3. The van der Waals surface area contributed by atoms with Crippen LogP contribution in [-0.4, -0.2) is 54.9 Å². The molecule has 1 N–H and O–H groups in total. The summed E-state index contributed by atoms with van der Waals surface area (Å²) in [6.45, 7) is 4.20. The maximum absolute atomic E-state index is 13.4. The molecule has 1 saturated heterocycles. The third-order valence-corrected chi connectivity index (χ3v) is 8.07. The highest BCUT2D eigenvalue weighted by Gasteiger charge is 2.34. The number of nitrogens with zero attached hydrogens (tertiary/aromatic N) is 2. The van der Waals surface area contributed by atoms with Crippen LogP contribution in [0.5, 0.6) is 5.75 Å². The van der Waals surface area contributed by atoms with Gasteiger partial charge in [0.05, 0.1) is 13.2 Å². The molecule has 0 bridgehead atoms. The van der Waals surface area contributed by atoms with E-state index in [2.05, 4.69) is 58.6 Å². The van der Waals surface area contributed by atoms with Gasteiger partial charge in [0.25, 0.3) is 5.91 Å². The van der Waals surface area contributed by atoms with E-state index in [4.69, 9.17) is 4.74 Å². The molecule has 6 nitrogen and oxygen atoms in total. The van der Waals surface area contributed by atoms with E-state index in [9.17, 15) is 9.59 Å². The molecule has 0 aromatic heterocycles. The molecule has 2 amide bonds. The normalized spacial score (nSPS) is 18.4. The van der Waals surface area contributed by atoms with Gasteiger partial charge in [0.15, 0.2) is 0 Å². The van der Waals surface area contributed by atoms with E-state index >= 15 is 0 Å². The number of rotatable bonds is 6. The monoisotopic (exact) mass is 523 g/mol. The van der Waals surface area contributed by atoms with Crippen LogP contribution in [0.15, 0.2) is 78.4 Å². The molecule has 5 rings (SSSR count). The Bertz CT molecular complexity index is 1340. The summed E-state index contributed by atoms with van der Waals surface area (Å²) < 4.78 is 5.19. The lowest BCUT2D eigenvalue weighted by molar-refractivity contribution is -0.138. The van der Waals surface area contributed by atoms with Gasteiger partial charge in [-0.3, -0.25) is 14.5 Å². The minimum Gasteiger partial charge on any atom is -0.497 e. The van der Waals surface area contributed by atoms with E-state index in [0.29, 0.717) is 11.5 Å². The van der Waals surface area contributed by atoms with E-state index in [-0.39, 0.29) is 17.9 Å². The van der Waals surface area contributed by atoms with Gasteiger partial charge in [-0.15, -0.1) is 0 Å². The molecule has 0 aliphatic carbocycles. The molecule has 6 heteroatoms. The fraction of sp³-hybridized carbons (Fsp3) is 0.333. The number of nitrogens with one attached hydrogen (secondary N) is 1. The van der Waals surface area contributed by atoms with Crippen LogP contribution in [0.3, 0.4) is 0 Å². The van der Waals surface area contributed by atoms with Crippen LogP contribution >= 0.6 is 0 Å². The fourth-order valence-corrected chi connectivity index (χ4v) is 5.66. The highest BCUT2D eigenvalue weighted by atomic mass is 16.5. The van der Waals surface area contributed by atoms with Crippen molar-refractivity contribution in [1.29, 1.82) is 0 Å². The zero-order valence-corrected chi connectivity index (χ0v) is 23.0. The van der Waals surface area contributed by atoms with Crippen molar-refractivity contribution in [2.24, 2.45) is 0 Å². The van der Waals surface area contributed by atoms with Gasteiger partial charge in [0.1, 0.15) is 5.75 Å². The van der Waals surface area contributed by atoms with E-state index < -0.39 is 0 Å². The Morgan fingerprint density at radius 1 is 0.923 bits per heavy atom. The molecule has 1 unspecified atom stereocenters. The lowest BCUT2D eigenvalue weighted by atomic mass is 9.88. The number of likely N-dealkylation sites (N-methyl/N-ethyl adjacent to an activating group) is 1. The third-order valence-electron chi connectivity index (χ3n) is 8.07. The van der Waals surface area contributed by atoms with E-state index in [1.165, 1.54) is 16.7 Å². The van der Waals surface area contributed by atoms with Crippen molar-refractivity contribution in [2.45, 2.75) is 44.7 Å². The number of methoxy groups -OCH3 is 1. The van der Waals surface area contributed by atoms with Crippen molar-refractivity contribution >= 4 is 23.6 Å². The highest BCUT2D eigenvalue weighted by Crippen LogP contribution is 2.31. The van der Waals surface area contributed by atoms with E-state index in [1.807, 2.05) is 49.4 Å². The number of fused-ring (bicyclic) bond motifs is 1. The minimum absolute atomic E-state index is 0.0819. The predicted molar refractivity (Wildman–Crippen MR) is 156 cm³/mol. The molecule has 39 heavy (non-hydrogen) atoms. The number of carbonyl (C=O) groups excluding carboxylic acids is 2. The Hall–Kier alpha value is -3.90. The quantitative estimate of drug-likeness (QED) is 0.434. The number of benzene rings is 3. The van der Waals surface area contributed by atoms with E-state index in [0.717, 1.165) is 55.9 Å². The molecular weight excluding hydrogens is 486 g/mol. The predicted octanol–water partition coefficient (Wildman–Crippen LogP) is 5.50. The smallest absolute Gasteiger partial charge is 0.251 e. The summed E-state index contributed by atoms with van der Waals surface area (Å²) in [6.07, 6.45) is 4.55. The van der Waals surface area contributed by atoms with Crippen LogP contribution in [0.2, 0.25) is 0 Å². The van der Waals surface area contributed by atoms with Crippen molar-refractivity contribution in [1.82, 2.24) is 9.80 Å². The first-order valence-corrected chi connectivity index (χ1v) is 13.7. The summed E-state index contributed by atoms with van der Waals surface area (Å²) in [7, 11) is 3.69. The minimum atomic E-state index is -0.124. The van der Waals surface area contributed by atoms with Gasteiger partial charge in [-0.2, -0.15) is 0 Å². The fourth-order valence-electron chi connectivity index (χ4n) is 5.66. The second-order valence-electron chi connectivity index (χ2n) is 10.7. The number of amides is 2. The zero-order valence-electron chi connectivity index (χ0n) is 23.0. The molecule has 0 radical (unpaired) electrons. The van der Waals surface area contributed by atoms with Gasteiger partial charge in [-0.25, -0.2) is 0 Å². The molecule has 0 spiro atoms. The molecule has 2 heterocycles.